The summed E-state index contributed by atoms with van der Waals surface area (Å²) >= 11 is 6.10. The van der Waals surface area contributed by atoms with E-state index in [-0.39, 0.29) is 31.7 Å². The van der Waals surface area contributed by atoms with Crippen LogP contribution in [0.4, 0.5) is 5.69 Å². The topological polar surface area (TPSA) is 20.3 Å². The van der Waals surface area contributed by atoms with E-state index < -0.39 is 0 Å². The number of halogens is 1. The third-order valence-corrected chi connectivity index (χ3v) is 7.19. The number of nitrogens with zero attached hydrogens (tertiary/aromatic N) is 1. The number of anilines is 1. The zero-order chi connectivity index (χ0) is 17.2. The van der Waals surface area contributed by atoms with E-state index in [1.807, 2.05) is 65.6 Å². The normalized spacial score (nSPS) is 19.6. The number of β-lactam (4-membered cyclic amide) rings is 1. The molecular formula is C21H16ClNOSe. The minimum atomic E-state index is 0.0213. The Morgan fingerprint density at radius 3 is 2.04 bits per heavy atom. The van der Waals surface area contributed by atoms with Gasteiger partial charge in [-0.05, 0) is 0 Å². The summed E-state index contributed by atoms with van der Waals surface area (Å²) in [6.07, 6.45) is 0. The fourth-order valence-corrected chi connectivity index (χ4v) is 5.79. The predicted molar refractivity (Wildman–Crippen MR) is 104 cm³/mol. The van der Waals surface area contributed by atoms with Gasteiger partial charge in [-0.25, -0.2) is 0 Å². The summed E-state index contributed by atoms with van der Waals surface area (Å²) < 4.78 is 1.25. The predicted octanol–water partition coefficient (Wildman–Crippen LogP) is 4.25. The van der Waals surface area contributed by atoms with Crippen LogP contribution in [-0.4, -0.2) is 20.9 Å². The Hall–Kier alpha value is -2.06. The molecule has 3 aromatic carbocycles. The fraction of sp³-hybridized carbons (Fsp3) is 0.0952. The van der Waals surface area contributed by atoms with Crippen molar-refractivity contribution in [3.63, 3.8) is 0 Å². The molecule has 0 spiro atoms. The van der Waals surface area contributed by atoms with Gasteiger partial charge >= 0.3 is 159 Å². The molecule has 0 aromatic heterocycles. The Morgan fingerprint density at radius 2 is 1.40 bits per heavy atom. The molecule has 25 heavy (non-hydrogen) atoms. The van der Waals surface area contributed by atoms with Crippen LogP contribution in [0.2, 0.25) is 9.84 Å². The van der Waals surface area contributed by atoms with Gasteiger partial charge in [-0.1, -0.05) is 0 Å². The molecule has 2 atom stereocenters. The average Bonchev–Trinajstić information content (AvgIpc) is 2.66. The number of amides is 1. The van der Waals surface area contributed by atoms with Gasteiger partial charge in [0.1, 0.15) is 0 Å². The second kappa shape index (κ2) is 7.05. The number of hydrogen-bond donors (Lipinski definition) is 0. The van der Waals surface area contributed by atoms with Crippen molar-refractivity contribution in [1.82, 2.24) is 0 Å². The Labute approximate surface area is 158 Å². The maximum atomic E-state index is 12.9. The van der Waals surface area contributed by atoms with E-state index in [0.717, 1.165) is 5.69 Å². The van der Waals surface area contributed by atoms with Gasteiger partial charge in [0.15, 0.2) is 0 Å². The van der Waals surface area contributed by atoms with Crippen molar-refractivity contribution in [3.8, 4) is 0 Å². The van der Waals surface area contributed by atoms with Crippen LogP contribution in [0.25, 0.3) is 0 Å². The van der Waals surface area contributed by atoms with Gasteiger partial charge in [-0.15, -0.1) is 0 Å². The van der Waals surface area contributed by atoms with Crippen LogP contribution in [0.15, 0.2) is 84.9 Å². The van der Waals surface area contributed by atoms with Crippen LogP contribution in [0, 0.1) is 0 Å². The van der Waals surface area contributed by atoms with Crippen molar-refractivity contribution in [2.75, 3.05) is 4.90 Å². The molecule has 1 amide bonds. The molecule has 1 heterocycles. The molecule has 1 saturated heterocycles. The van der Waals surface area contributed by atoms with Crippen LogP contribution in [0.3, 0.4) is 0 Å². The third kappa shape index (κ3) is 3.23. The van der Waals surface area contributed by atoms with E-state index >= 15 is 0 Å². The summed E-state index contributed by atoms with van der Waals surface area (Å²) in [5, 5.41) is 0.679. The van der Waals surface area contributed by atoms with E-state index in [4.69, 9.17) is 11.6 Å². The molecule has 4 heteroatoms. The summed E-state index contributed by atoms with van der Waals surface area (Å²) in [6.45, 7) is 0. The first-order chi connectivity index (χ1) is 12.2. The molecule has 1 aliphatic heterocycles. The van der Waals surface area contributed by atoms with Gasteiger partial charge in [0.25, 0.3) is 0 Å². The number of rotatable bonds is 4. The molecule has 124 valence electrons. The molecule has 0 saturated carbocycles. The van der Waals surface area contributed by atoms with E-state index in [1.54, 1.807) is 0 Å². The molecule has 3 aromatic rings. The number of carbonyl (C=O) groups excluding carboxylic acids is 1. The van der Waals surface area contributed by atoms with E-state index in [0.29, 0.717) is 5.02 Å². The van der Waals surface area contributed by atoms with Gasteiger partial charge < -0.3 is 0 Å². The number of hydrogen-bond acceptors (Lipinski definition) is 1. The van der Waals surface area contributed by atoms with Crippen LogP contribution >= 0.6 is 11.6 Å². The second-order valence-electron chi connectivity index (χ2n) is 5.89. The van der Waals surface area contributed by atoms with Gasteiger partial charge in [0.05, 0.1) is 0 Å². The first-order valence-electron chi connectivity index (χ1n) is 8.09. The number of benzene rings is 3. The van der Waals surface area contributed by atoms with Crippen molar-refractivity contribution in [3.05, 3.63) is 95.5 Å². The molecule has 0 bridgehead atoms. The molecular weight excluding hydrogens is 397 g/mol. The summed E-state index contributed by atoms with van der Waals surface area (Å²) in [5.74, 6) is 0.194. The van der Waals surface area contributed by atoms with Crippen LogP contribution in [-0.2, 0) is 4.79 Å². The van der Waals surface area contributed by atoms with Crippen molar-refractivity contribution in [2.24, 2.45) is 0 Å². The molecule has 2 nitrogen and oxygen atoms in total. The van der Waals surface area contributed by atoms with E-state index in [9.17, 15) is 4.79 Å². The number of carbonyl (C=O) groups is 1. The molecule has 0 radical (unpaired) electrons. The van der Waals surface area contributed by atoms with Crippen molar-refractivity contribution in [1.29, 1.82) is 0 Å². The fourth-order valence-electron chi connectivity index (χ4n) is 3.09. The van der Waals surface area contributed by atoms with E-state index in [2.05, 4.69) is 24.3 Å². The third-order valence-electron chi connectivity index (χ3n) is 4.30. The Kier molecular flexibility index (Phi) is 4.63. The maximum absolute atomic E-state index is 12.9. The molecule has 4 rings (SSSR count). The zero-order valence-corrected chi connectivity index (χ0v) is 15.8. The van der Waals surface area contributed by atoms with Gasteiger partial charge in [-0.3, -0.25) is 0 Å². The van der Waals surface area contributed by atoms with Gasteiger partial charge in [0.2, 0.25) is 0 Å². The molecule has 1 aliphatic rings. The molecule has 0 unspecified atom stereocenters. The first kappa shape index (κ1) is 16.4. The minimum absolute atomic E-state index is 0.0213. The first-order valence-corrected chi connectivity index (χ1v) is 10.3. The summed E-state index contributed by atoms with van der Waals surface area (Å²) in [4.78, 5) is 14.9. The average molecular weight is 413 g/mol. The monoisotopic (exact) mass is 413 g/mol. The van der Waals surface area contributed by atoms with Crippen LogP contribution < -0.4 is 9.36 Å². The molecule has 0 N–H and O–H groups in total. The van der Waals surface area contributed by atoms with Crippen LogP contribution in [0.1, 0.15) is 11.6 Å². The zero-order valence-electron chi connectivity index (χ0n) is 13.4. The van der Waals surface area contributed by atoms with E-state index in [1.165, 1.54) is 10.0 Å². The molecule has 1 fully saturated rings. The SMILES string of the molecule is O=C1[C@@H]([Se]c2ccccc2)[C@@H](c2ccccc2)N1c1ccc(Cl)cc1. The standard InChI is InChI=1S/C21H16ClNOSe/c22-16-11-13-17(14-12-16)23-19(15-7-3-1-4-8-15)20(21(23)24)25-18-9-5-2-6-10-18/h1-14,19-20H/t19-,20+/m1/s1. The Balaban J connectivity index is 1.68. The van der Waals surface area contributed by atoms with Crippen molar-refractivity contribution >= 4 is 42.6 Å². The Bertz CT molecular complexity index is 867. The van der Waals surface area contributed by atoms with Crippen molar-refractivity contribution in [2.45, 2.75) is 10.9 Å². The second-order valence-corrected chi connectivity index (χ2v) is 8.88. The summed E-state index contributed by atoms with van der Waals surface area (Å²) in [6, 6.07) is 28.2. The molecule has 0 aliphatic carbocycles. The summed E-state index contributed by atoms with van der Waals surface area (Å²) in [5.41, 5.74) is 2.09. The summed E-state index contributed by atoms with van der Waals surface area (Å²) in [7, 11) is 0. The van der Waals surface area contributed by atoms with Gasteiger partial charge in [0, 0.05) is 0 Å². The Morgan fingerprint density at radius 1 is 0.800 bits per heavy atom. The van der Waals surface area contributed by atoms with Crippen molar-refractivity contribution < 1.29 is 4.79 Å². The van der Waals surface area contributed by atoms with Gasteiger partial charge in [-0.2, -0.15) is 0 Å². The van der Waals surface area contributed by atoms with Crippen LogP contribution in [0.5, 0.6) is 0 Å². The quantitative estimate of drug-likeness (QED) is 0.463.